The van der Waals surface area contributed by atoms with E-state index in [9.17, 15) is 14.4 Å². The lowest BCUT2D eigenvalue weighted by Crippen LogP contribution is -2.55. The van der Waals surface area contributed by atoms with E-state index in [2.05, 4.69) is 10.6 Å². The Bertz CT molecular complexity index is 682. The maximum atomic E-state index is 12.4. The molecule has 22 heavy (non-hydrogen) atoms. The van der Waals surface area contributed by atoms with Gasteiger partial charge in [-0.25, -0.2) is 4.79 Å². The minimum Gasteiger partial charge on any atom is -0.338 e. The van der Waals surface area contributed by atoms with Crippen LogP contribution in [0.15, 0.2) is 24.3 Å². The lowest BCUT2D eigenvalue weighted by Gasteiger charge is -2.37. The molecule has 112 valence electrons. The Morgan fingerprint density at radius 2 is 1.82 bits per heavy atom. The van der Waals surface area contributed by atoms with Crippen molar-refractivity contribution in [2.45, 2.75) is 18.4 Å². The lowest BCUT2D eigenvalue weighted by atomic mass is 9.87. The molecule has 2 N–H and O–H groups in total. The number of benzene rings is 1. The maximum Gasteiger partial charge on any atom is 0.322 e. The van der Waals surface area contributed by atoms with Crippen molar-refractivity contribution in [1.82, 2.24) is 15.5 Å². The molecule has 2 saturated heterocycles. The Kier molecular flexibility index (Phi) is 3.29. The molecule has 0 atom stereocenters. The van der Waals surface area contributed by atoms with Crippen LogP contribution in [0.2, 0.25) is 0 Å². The Labute approximate surface area is 126 Å². The molecular weight excluding hydrogens is 284 g/mol. The maximum absolute atomic E-state index is 12.4. The van der Waals surface area contributed by atoms with Crippen LogP contribution in [-0.4, -0.2) is 41.4 Å². The van der Waals surface area contributed by atoms with Crippen molar-refractivity contribution in [3.8, 4) is 6.07 Å². The Balaban J connectivity index is 1.68. The molecule has 2 heterocycles. The summed E-state index contributed by atoms with van der Waals surface area (Å²) in [6.07, 6.45) is 0.791. The van der Waals surface area contributed by atoms with E-state index in [0.29, 0.717) is 37.1 Å². The van der Waals surface area contributed by atoms with Crippen molar-refractivity contribution in [2.24, 2.45) is 0 Å². The molecule has 2 aliphatic heterocycles. The highest BCUT2D eigenvalue weighted by Gasteiger charge is 2.48. The van der Waals surface area contributed by atoms with Gasteiger partial charge in [-0.3, -0.25) is 14.9 Å². The molecule has 7 heteroatoms. The molecule has 1 aromatic carbocycles. The fraction of sp³-hybridized carbons (Fsp3) is 0.333. The summed E-state index contributed by atoms with van der Waals surface area (Å²) in [5.74, 6) is -0.452. The van der Waals surface area contributed by atoms with Crippen molar-refractivity contribution in [3.63, 3.8) is 0 Å². The summed E-state index contributed by atoms with van der Waals surface area (Å²) in [6, 6.07) is 7.97. The molecular formula is C15H14N4O3. The van der Waals surface area contributed by atoms with E-state index in [0.717, 1.165) is 0 Å². The number of nitrogens with zero attached hydrogens (tertiary/aromatic N) is 2. The molecule has 0 bridgehead atoms. The molecule has 1 aromatic rings. The van der Waals surface area contributed by atoms with E-state index in [1.54, 1.807) is 29.2 Å². The summed E-state index contributed by atoms with van der Waals surface area (Å²) in [6.45, 7) is 0.791. The molecule has 3 rings (SSSR count). The van der Waals surface area contributed by atoms with Gasteiger partial charge in [0.1, 0.15) is 5.54 Å². The number of nitriles is 1. The third kappa shape index (κ3) is 2.29. The monoisotopic (exact) mass is 298 g/mol. The van der Waals surface area contributed by atoms with Gasteiger partial charge >= 0.3 is 6.03 Å². The summed E-state index contributed by atoms with van der Waals surface area (Å²) in [5.41, 5.74) is 0.132. The number of carbonyl (C=O) groups is 3. The predicted molar refractivity (Wildman–Crippen MR) is 75.7 cm³/mol. The van der Waals surface area contributed by atoms with E-state index >= 15 is 0 Å². The molecule has 2 fully saturated rings. The van der Waals surface area contributed by atoms with Gasteiger partial charge < -0.3 is 10.2 Å². The van der Waals surface area contributed by atoms with Gasteiger partial charge in [-0.05, 0) is 37.1 Å². The van der Waals surface area contributed by atoms with E-state index in [-0.39, 0.29) is 11.8 Å². The van der Waals surface area contributed by atoms with Gasteiger partial charge in [0.05, 0.1) is 11.6 Å². The van der Waals surface area contributed by atoms with Gasteiger partial charge in [-0.2, -0.15) is 5.26 Å². The molecule has 0 aromatic heterocycles. The number of urea groups is 1. The van der Waals surface area contributed by atoms with Crippen LogP contribution >= 0.6 is 0 Å². The number of nitrogens with one attached hydrogen (secondary N) is 2. The van der Waals surface area contributed by atoms with E-state index in [1.165, 1.54) is 0 Å². The second-order valence-corrected chi connectivity index (χ2v) is 5.47. The quantitative estimate of drug-likeness (QED) is 0.731. The number of rotatable bonds is 1. The number of imide groups is 1. The van der Waals surface area contributed by atoms with E-state index < -0.39 is 11.6 Å². The normalized spacial score (nSPS) is 19.5. The van der Waals surface area contributed by atoms with Crippen LogP contribution in [0.25, 0.3) is 0 Å². The molecule has 7 nitrogen and oxygen atoms in total. The Hall–Kier alpha value is -2.88. The number of likely N-dealkylation sites (tertiary alicyclic amines) is 1. The van der Waals surface area contributed by atoms with Crippen LogP contribution < -0.4 is 10.6 Å². The van der Waals surface area contributed by atoms with Gasteiger partial charge in [0.15, 0.2) is 0 Å². The number of carbonyl (C=O) groups excluding carboxylic acids is 3. The lowest BCUT2D eigenvalue weighted by molar-refractivity contribution is -0.125. The van der Waals surface area contributed by atoms with Crippen molar-refractivity contribution in [2.75, 3.05) is 13.1 Å². The number of amides is 4. The number of hydrogen-bond acceptors (Lipinski definition) is 4. The molecule has 0 saturated carbocycles. The molecule has 2 aliphatic rings. The number of piperidine rings is 1. The van der Waals surface area contributed by atoms with Gasteiger partial charge in [-0.15, -0.1) is 0 Å². The first kappa shape index (κ1) is 14.1. The second-order valence-electron chi connectivity index (χ2n) is 5.47. The SMILES string of the molecule is N#Cc1ccc(C(=O)N2CCC3(CC2)NC(=O)NC3=O)cc1. The average Bonchev–Trinajstić information content (AvgIpc) is 2.81. The molecule has 0 aliphatic carbocycles. The zero-order valence-corrected chi connectivity index (χ0v) is 11.8. The van der Waals surface area contributed by atoms with E-state index in [1.807, 2.05) is 6.07 Å². The smallest absolute Gasteiger partial charge is 0.322 e. The van der Waals surface area contributed by atoms with Crippen LogP contribution in [-0.2, 0) is 4.79 Å². The highest BCUT2D eigenvalue weighted by Crippen LogP contribution is 2.26. The second kappa shape index (κ2) is 5.15. The van der Waals surface area contributed by atoms with Crippen molar-refractivity contribution < 1.29 is 14.4 Å². The highest BCUT2D eigenvalue weighted by molar-refractivity contribution is 6.07. The zero-order valence-electron chi connectivity index (χ0n) is 11.8. The van der Waals surface area contributed by atoms with Crippen LogP contribution in [0.3, 0.4) is 0 Å². The average molecular weight is 298 g/mol. The van der Waals surface area contributed by atoms with E-state index in [4.69, 9.17) is 5.26 Å². The van der Waals surface area contributed by atoms with Crippen LogP contribution in [0, 0.1) is 11.3 Å². The molecule has 4 amide bonds. The van der Waals surface area contributed by atoms with Crippen molar-refractivity contribution in [3.05, 3.63) is 35.4 Å². The highest BCUT2D eigenvalue weighted by atomic mass is 16.2. The first-order chi connectivity index (χ1) is 10.5. The Morgan fingerprint density at radius 3 is 2.32 bits per heavy atom. The third-order valence-corrected chi connectivity index (χ3v) is 4.18. The largest absolute Gasteiger partial charge is 0.338 e. The van der Waals surface area contributed by atoms with Gasteiger partial charge in [0.2, 0.25) is 0 Å². The van der Waals surface area contributed by atoms with Gasteiger partial charge in [0.25, 0.3) is 11.8 Å². The summed E-state index contributed by atoms with van der Waals surface area (Å²) in [5, 5.41) is 13.7. The first-order valence-electron chi connectivity index (χ1n) is 6.97. The third-order valence-electron chi connectivity index (χ3n) is 4.18. The first-order valence-corrected chi connectivity index (χ1v) is 6.97. The summed E-state index contributed by atoms with van der Waals surface area (Å²) in [7, 11) is 0. The molecule has 0 radical (unpaired) electrons. The van der Waals surface area contributed by atoms with Crippen molar-refractivity contribution >= 4 is 17.8 Å². The topological polar surface area (TPSA) is 102 Å². The zero-order chi connectivity index (χ0) is 15.7. The van der Waals surface area contributed by atoms with Gasteiger partial charge in [0, 0.05) is 18.7 Å². The summed E-state index contributed by atoms with van der Waals surface area (Å²) < 4.78 is 0. The molecule has 1 spiro atoms. The van der Waals surface area contributed by atoms with Crippen LogP contribution in [0.1, 0.15) is 28.8 Å². The van der Waals surface area contributed by atoms with Gasteiger partial charge in [-0.1, -0.05) is 0 Å². The fourth-order valence-corrected chi connectivity index (χ4v) is 2.84. The summed E-state index contributed by atoms with van der Waals surface area (Å²) >= 11 is 0. The minimum absolute atomic E-state index is 0.135. The molecule has 0 unspecified atom stereocenters. The minimum atomic E-state index is -0.876. The van der Waals surface area contributed by atoms with Crippen LogP contribution in [0.5, 0.6) is 0 Å². The standard InChI is InChI=1S/C15H14N4O3/c16-9-10-1-3-11(4-2-10)12(20)19-7-5-15(6-8-19)13(21)17-14(22)18-15/h1-4H,5-8H2,(H2,17,18,21,22). The summed E-state index contributed by atoms with van der Waals surface area (Å²) in [4.78, 5) is 37.2. The number of hydrogen-bond donors (Lipinski definition) is 2. The predicted octanol–water partition coefficient (Wildman–Crippen LogP) is 0.372. The van der Waals surface area contributed by atoms with Crippen LogP contribution in [0.4, 0.5) is 4.79 Å². The Morgan fingerprint density at radius 1 is 1.18 bits per heavy atom. The van der Waals surface area contributed by atoms with Crippen molar-refractivity contribution in [1.29, 1.82) is 5.26 Å². The fourth-order valence-electron chi connectivity index (χ4n) is 2.84.